The molecule has 0 aliphatic carbocycles. The Morgan fingerprint density at radius 2 is 2.19 bits per heavy atom. The van der Waals surface area contributed by atoms with Crippen molar-refractivity contribution in [2.45, 2.75) is 19.9 Å². The van der Waals surface area contributed by atoms with Crippen molar-refractivity contribution >= 4 is 35.9 Å². The molecule has 1 saturated heterocycles. The van der Waals surface area contributed by atoms with Crippen molar-refractivity contribution < 1.29 is 8.81 Å². The standard InChI is InChI=1S/C14H18FN3O.2ClH/c1-14(8-16)4-5-18(9-14)7-13-17-11-6-10(15)2-3-12(11)19-13;;/h2-3,6H,4-5,7-9,16H2,1H3;2*1H. The first kappa shape index (κ1) is 18.2. The Morgan fingerprint density at radius 1 is 1.43 bits per heavy atom. The van der Waals surface area contributed by atoms with Crippen LogP contribution in [0, 0.1) is 11.2 Å². The molecule has 0 radical (unpaired) electrons. The van der Waals surface area contributed by atoms with Crippen molar-refractivity contribution in [2.75, 3.05) is 19.6 Å². The summed E-state index contributed by atoms with van der Waals surface area (Å²) in [7, 11) is 0. The summed E-state index contributed by atoms with van der Waals surface area (Å²) in [5, 5.41) is 0. The Hall–Kier alpha value is -0.880. The molecule has 1 atom stereocenters. The Morgan fingerprint density at radius 3 is 2.86 bits per heavy atom. The minimum absolute atomic E-state index is 0. The van der Waals surface area contributed by atoms with Crippen molar-refractivity contribution in [1.29, 1.82) is 0 Å². The third-order valence-corrected chi connectivity index (χ3v) is 3.88. The maximum Gasteiger partial charge on any atom is 0.209 e. The molecule has 3 rings (SSSR count). The molecule has 1 aliphatic rings. The molecule has 1 aromatic heterocycles. The molecule has 0 saturated carbocycles. The predicted octanol–water partition coefficient (Wildman–Crippen LogP) is 2.98. The van der Waals surface area contributed by atoms with Gasteiger partial charge in [-0.1, -0.05) is 6.92 Å². The molecule has 4 nitrogen and oxygen atoms in total. The fraction of sp³-hybridized carbons (Fsp3) is 0.500. The summed E-state index contributed by atoms with van der Waals surface area (Å²) in [6.07, 6.45) is 1.10. The Bertz CT molecular complexity index is 607. The molecule has 118 valence electrons. The second-order valence-corrected chi connectivity index (χ2v) is 5.70. The number of nitrogens with two attached hydrogens (primary N) is 1. The maximum absolute atomic E-state index is 13.1. The van der Waals surface area contributed by atoms with Gasteiger partial charge in [-0.05, 0) is 37.1 Å². The fourth-order valence-electron chi connectivity index (χ4n) is 2.63. The highest BCUT2D eigenvalue weighted by molar-refractivity contribution is 5.85. The number of oxazole rings is 1. The molecule has 1 aliphatic heterocycles. The van der Waals surface area contributed by atoms with Crippen LogP contribution < -0.4 is 5.73 Å². The van der Waals surface area contributed by atoms with Gasteiger partial charge in [0.25, 0.3) is 0 Å². The van der Waals surface area contributed by atoms with E-state index in [2.05, 4.69) is 16.8 Å². The van der Waals surface area contributed by atoms with Crippen LogP contribution in [-0.4, -0.2) is 29.5 Å². The lowest BCUT2D eigenvalue weighted by atomic mass is 9.90. The minimum Gasteiger partial charge on any atom is -0.439 e. The predicted molar refractivity (Wildman–Crippen MR) is 85.5 cm³/mol. The number of fused-ring (bicyclic) bond motifs is 1. The first-order valence-corrected chi connectivity index (χ1v) is 6.55. The van der Waals surface area contributed by atoms with Crippen molar-refractivity contribution in [2.24, 2.45) is 11.1 Å². The van der Waals surface area contributed by atoms with Crippen LogP contribution in [0.1, 0.15) is 19.2 Å². The molecule has 0 bridgehead atoms. The first-order chi connectivity index (χ1) is 9.08. The molecule has 7 heteroatoms. The maximum atomic E-state index is 13.1. The molecule has 2 heterocycles. The topological polar surface area (TPSA) is 55.3 Å². The second kappa shape index (κ2) is 6.92. The number of hydrogen-bond donors (Lipinski definition) is 1. The Balaban J connectivity index is 0.00000110. The van der Waals surface area contributed by atoms with Gasteiger partial charge in [0, 0.05) is 12.6 Å². The number of nitrogens with zero attached hydrogens (tertiary/aromatic N) is 2. The molecule has 2 aromatic rings. The SMILES string of the molecule is CC1(CN)CCN(Cc2nc3cc(F)ccc3o2)C1.Cl.Cl. The van der Waals surface area contributed by atoms with Gasteiger partial charge in [0.1, 0.15) is 11.3 Å². The van der Waals surface area contributed by atoms with E-state index in [0.29, 0.717) is 30.1 Å². The second-order valence-electron chi connectivity index (χ2n) is 5.70. The first-order valence-electron chi connectivity index (χ1n) is 6.55. The quantitative estimate of drug-likeness (QED) is 0.936. The summed E-state index contributed by atoms with van der Waals surface area (Å²) >= 11 is 0. The van der Waals surface area contributed by atoms with Crippen LogP contribution in [0.15, 0.2) is 22.6 Å². The van der Waals surface area contributed by atoms with E-state index in [-0.39, 0.29) is 36.0 Å². The molecular weight excluding hydrogens is 316 g/mol. The van der Waals surface area contributed by atoms with E-state index in [4.69, 9.17) is 10.2 Å². The van der Waals surface area contributed by atoms with E-state index in [1.54, 1.807) is 6.07 Å². The number of halogens is 3. The van der Waals surface area contributed by atoms with Crippen molar-refractivity contribution in [3.63, 3.8) is 0 Å². The number of likely N-dealkylation sites (tertiary alicyclic amines) is 1. The van der Waals surface area contributed by atoms with Gasteiger partial charge in [-0.25, -0.2) is 9.37 Å². The number of aromatic nitrogens is 1. The van der Waals surface area contributed by atoms with Gasteiger partial charge in [0.2, 0.25) is 5.89 Å². The smallest absolute Gasteiger partial charge is 0.209 e. The van der Waals surface area contributed by atoms with E-state index < -0.39 is 0 Å². The minimum atomic E-state index is -0.288. The van der Waals surface area contributed by atoms with Crippen LogP contribution in [0.4, 0.5) is 4.39 Å². The summed E-state index contributed by atoms with van der Waals surface area (Å²) in [5.41, 5.74) is 7.20. The van der Waals surface area contributed by atoms with Crippen molar-refractivity contribution in [1.82, 2.24) is 9.88 Å². The number of benzene rings is 1. The summed E-state index contributed by atoms with van der Waals surface area (Å²) in [6.45, 7) is 5.51. The number of hydrogen-bond acceptors (Lipinski definition) is 4. The van der Waals surface area contributed by atoms with Crippen LogP contribution in [0.5, 0.6) is 0 Å². The van der Waals surface area contributed by atoms with Gasteiger partial charge in [-0.3, -0.25) is 4.90 Å². The van der Waals surface area contributed by atoms with Gasteiger partial charge < -0.3 is 10.2 Å². The summed E-state index contributed by atoms with van der Waals surface area (Å²) in [6, 6.07) is 4.41. The lowest BCUT2D eigenvalue weighted by Gasteiger charge is -2.21. The summed E-state index contributed by atoms with van der Waals surface area (Å²) < 4.78 is 18.7. The molecule has 1 fully saturated rings. The molecule has 1 unspecified atom stereocenters. The fourth-order valence-corrected chi connectivity index (χ4v) is 2.63. The molecular formula is C14H20Cl2FN3O. The van der Waals surface area contributed by atoms with Gasteiger partial charge in [-0.2, -0.15) is 0 Å². The van der Waals surface area contributed by atoms with Gasteiger partial charge >= 0.3 is 0 Å². The largest absolute Gasteiger partial charge is 0.439 e. The summed E-state index contributed by atoms with van der Waals surface area (Å²) in [5.74, 6) is 0.353. The third kappa shape index (κ3) is 3.86. The van der Waals surface area contributed by atoms with Gasteiger partial charge in [0.05, 0.1) is 6.54 Å². The molecule has 0 spiro atoms. The van der Waals surface area contributed by atoms with Crippen LogP contribution in [-0.2, 0) is 6.54 Å². The lowest BCUT2D eigenvalue weighted by molar-refractivity contribution is 0.254. The Kier molecular flexibility index (Phi) is 5.99. The Labute approximate surface area is 135 Å². The average Bonchev–Trinajstić information content (AvgIpc) is 2.93. The van der Waals surface area contributed by atoms with Crippen molar-refractivity contribution in [3.05, 3.63) is 29.9 Å². The third-order valence-electron chi connectivity index (χ3n) is 3.88. The highest BCUT2D eigenvalue weighted by Crippen LogP contribution is 2.29. The van der Waals surface area contributed by atoms with Gasteiger partial charge in [0.15, 0.2) is 5.58 Å². The van der Waals surface area contributed by atoms with E-state index in [9.17, 15) is 4.39 Å². The molecule has 21 heavy (non-hydrogen) atoms. The monoisotopic (exact) mass is 335 g/mol. The van der Waals surface area contributed by atoms with E-state index >= 15 is 0 Å². The summed E-state index contributed by atoms with van der Waals surface area (Å²) in [4.78, 5) is 6.62. The highest BCUT2D eigenvalue weighted by Gasteiger charge is 2.32. The molecule has 0 amide bonds. The van der Waals surface area contributed by atoms with E-state index in [0.717, 1.165) is 19.5 Å². The van der Waals surface area contributed by atoms with Crippen LogP contribution >= 0.6 is 24.8 Å². The lowest BCUT2D eigenvalue weighted by Crippen LogP contribution is -2.31. The molecule has 1 aromatic carbocycles. The zero-order valence-corrected chi connectivity index (χ0v) is 13.5. The normalized spacial score (nSPS) is 22.0. The van der Waals surface area contributed by atoms with Gasteiger partial charge in [-0.15, -0.1) is 24.8 Å². The molecule has 2 N–H and O–H groups in total. The van der Waals surface area contributed by atoms with Crippen LogP contribution in [0.3, 0.4) is 0 Å². The zero-order valence-electron chi connectivity index (χ0n) is 11.8. The van der Waals surface area contributed by atoms with E-state index in [1.807, 2.05) is 0 Å². The highest BCUT2D eigenvalue weighted by atomic mass is 35.5. The number of rotatable bonds is 3. The van der Waals surface area contributed by atoms with E-state index in [1.165, 1.54) is 12.1 Å². The zero-order chi connectivity index (χ0) is 13.5. The van der Waals surface area contributed by atoms with Crippen LogP contribution in [0.2, 0.25) is 0 Å². The average molecular weight is 336 g/mol. The van der Waals surface area contributed by atoms with Crippen LogP contribution in [0.25, 0.3) is 11.1 Å². The van der Waals surface area contributed by atoms with Crippen molar-refractivity contribution in [3.8, 4) is 0 Å².